The smallest absolute Gasteiger partial charge is 0.411 e. The number of anilines is 2. The molecule has 0 aliphatic rings. The van der Waals surface area contributed by atoms with Crippen LogP contribution in [-0.4, -0.2) is 102 Å². The first-order valence-corrected chi connectivity index (χ1v) is 17.4. The Morgan fingerprint density at radius 3 is 2.32 bits per heavy atom. The van der Waals surface area contributed by atoms with Gasteiger partial charge in [0.25, 0.3) is 11.5 Å². The summed E-state index contributed by atoms with van der Waals surface area (Å²) in [5, 5.41) is 33.8. The van der Waals surface area contributed by atoms with Crippen LogP contribution in [0.1, 0.15) is 76.9 Å². The number of halogens is 3. The molecular formula is C34H47F3N12O7. The fourth-order valence-corrected chi connectivity index (χ4v) is 5.10. The van der Waals surface area contributed by atoms with Crippen molar-refractivity contribution >= 4 is 51.9 Å². The molecule has 0 fully saturated rings. The molecule has 0 spiro atoms. The lowest BCUT2D eigenvalue weighted by Gasteiger charge is -2.28. The van der Waals surface area contributed by atoms with Gasteiger partial charge in [-0.3, -0.25) is 33.9 Å². The normalized spacial score (nSPS) is 13.4. The molecule has 0 bridgehead atoms. The fraction of sp³-hybridized carbons (Fsp3) is 0.500. The summed E-state index contributed by atoms with van der Waals surface area (Å²) >= 11 is 0. The number of aromatic nitrogens is 4. The summed E-state index contributed by atoms with van der Waals surface area (Å²) in [4.78, 5) is 70.8. The Morgan fingerprint density at radius 1 is 1.04 bits per heavy atom. The molecule has 0 aliphatic heterocycles. The van der Waals surface area contributed by atoms with E-state index >= 15 is 0 Å². The highest BCUT2D eigenvalue weighted by molar-refractivity contribution is 6.00. The standard InChI is InChI=1S/C34H47F3N12O7/c1-7-8-23(28(51)39-14-13-24(47-55)33(5,6)41-15-16-56-48-32(3,4)19(2)46-54)43-27(50)20-9-11-22(12-10-20)49(30(53)34(35,36)37)18-21-17-40-26-25(42-21)29(52)45-31(38)44-26/h9-12,17,23,41,48,54-55H,7-8,13-16,18H2,1-6H3,(H,39,51)(H,43,50)(H3,38,40,44,45,52)/b46-19-,47-24-. The molecule has 1 unspecified atom stereocenters. The van der Waals surface area contributed by atoms with Crippen LogP contribution in [0.5, 0.6) is 0 Å². The van der Waals surface area contributed by atoms with Gasteiger partial charge in [-0.1, -0.05) is 23.7 Å². The largest absolute Gasteiger partial charge is 0.471 e. The van der Waals surface area contributed by atoms with Crippen LogP contribution in [0.4, 0.5) is 24.8 Å². The number of nitrogen functional groups attached to an aromatic ring is 1. The van der Waals surface area contributed by atoms with E-state index in [1.807, 2.05) is 6.92 Å². The minimum atomic E-state index is -5.29. The first kappa shape index (κ1) is 44.7. The van der Waals surface area contributed by atoms with E-state index in [4.69, 9.17) is 15.8 Å². The molecule has 0 saturated carbocycles. The number of H-pyrrole nitrogens is 1. The highest BCUT2D eigenvalue weighted by Crippen LogP contribution is 2.26. The fourth-order valence-electron chi connectivity index (χ4n) is 5.10. The summed E-state index contributed by atoms with van der Waals surface area (Å²) in [5.74, 6) is -3.69. The Kier molecular flexibility index (Phi) is 15.3. The molecule has 3 amide bonds. The van der Waals surface area contributed by atoms with Crippen molar-refractivity contribution in [2.24, 2.45) is 10.3 Å². The van der Waals surface area contributed by atoms with E-state index in [9.17, 15) is 37.6 Å². The Bertz CT molecular complexity index is 1970. The van der Waals surface area contributed by atoms with E-state index in [1.165, 1.54) is 12.1 Å². The van der Waals surface area contributed by atoms with E-state index < -0.39 is 53.1 Å². The van der Waals surface area contributed by atoms with Crippen LogP contribution in [0.25, 0.3) is 11.2 Å². The van der Waals surface area contributed by atoms with Gasteiger partial charge in [-0.05, 0) is 65.3 Å². The van der Waals surface area contributed by atoms with Gasteiger partial charge in [0, 0.05) is 30.8 Å². The number of alkyl halides is 3. The van der Waals surface area contributed by atoms with Crippen LogP contribution in [0.15, 0.2) is 45.6 Å². The average Bonchev–Trinajstić information content (AvgIpc) is 3.14. The maximum atomic E-state index is 13.7. The quantitative estimate of drug-likeness (QED) is 0.0375. The van der Waals surface area contributed by atoms with Crippen molar-refractivity contribution < 1.29 is 42.8 Å². The number of carbonyl (C=O) groups excluding carboxylic acids is 3. The molecule has 0 saturated heterocycles. The number of oxime groups is 2. The monoisotopic (exact) mass is 792 g/mol. The summed E-state index contributed by atoms with van der Waals surface area (Å²) < 4.78 is 41.0. The predicted molar refractivity (Wildman–Crippen MR) is 199 cm³/mol. The van der Waals surface area contributed by atoms with Gasteiger partial charge >= 0.3 is 12.1 Å². The molecule has 306 valence electrons. The minimum absolute atomic E-state index is 0.00955. The summed E-state index contributed by atoms with van der Waals surface area (Å²) in [6.07, 6.45) is -3.32. The molecule has 2 heterocycles. The number of nitrogens with one attached hydrogen (secondary N) is 5. The Morgan fingerprint density at radius 2 is 1.71 bits per heavy atom. The zero-order chi connectivity index (χ0) is 41.8. The van der Waals surface area contributed by atoms with Crippen molar-refractivity contribution in [2.75, 3.05) is 30.3 Å². The molecule has 2 aromatic heterocycles. The third kappa shape index (κ3) is 12.1. The SMILES string of the molecule is CCCC(NC(=O)c1ccc(N(Cc2cnc3nc(N)[nH]c(=O)c3n2)C(=O)C(F)(F)F)cc1)C(=O)NCC/C(=N/O)C(C)(C)NCCONC(C)(C)/C(C)=N\O. The summed E-state index contributed by atoms with van der Waals surface area (Å²) in [6, 6.07) is 3.65. The molecule has 56 heavy (non-hydrogen) atoms. The number of benzene rings is 1. The lowest BCUT2D eigenvalue weighted by Crippen LogP contribution is -2.51. The third-order valence-electron chi connectivity index (χ3n) is 8.59. The Hall–Kier alpha value is -5.74. The molecule has 0 radical (unpaired) electrons. The number of carbonyl (C=O) groups is 3. The zero-order valence-corrected chi connectivity index (χ0v) is 31.7. The van der Waals surface area contributed by atoms with Gasteiger partial charge in [0.1, 0.15) is 6.04 Å². The average molecular weight is 793 g/mol. The van der Waals surface area contributed by atoms with E-state index in [0.29, 0.717) is 29.3 Å². The van der Waals surface area contributed by atoms with Crippen LogP contribution in [0.2, 0.25) is 0 Å². The second-order valence-corrected chi connectivity index (χ2v) is 13.6. The van der Waals surface area contributed by atoms with Crippen LogP contribution in [-0.2, 0) is 21.0 Å². The molecule has 1 atom stereocenters. The van der Waals surface area contributed by atoms with Crippen molar-refractivity contribution in [2.45, 2.75) is 90.6 Å². The second-order valence-electron chi connectivity index (χ2n) is 13.6. The molecule has 0 aliphatic carbocycles. The zero-order valence-electron chi connectivity index (χ0n) is 31.7. The number of amides is 3. The molecule has 3 rings (SSSR count). The molecule has 22 heteroatoms. The maximum Gasteiger partial charge on any atom is 0.471 e. The van der Waals surface area contributed by atoms with Gasteiger partial charge in [-0.25, -0.2) is 9.97 Å². The molecule has 19 nitrogen and oxygen atoms in total. The van der Waals surface area contributed by atoms with Gasteiger partial charge in [0.2, 0.25) is 11.9 Å². The van der Waals surface area contributed by atoms with E-state index in [1.54, 1.807) is 34.6 Å². The first-order chi connectivity index (χ1) is 26.2. The molecule has 3 aromatic rings. The van der Waals surface area contributed by atoms with Gasteiger partial charge < -0.3 is 32.1 Å². The number of hydrogen-bond acceptors (Lipinski definition) is 15. The number of aromatic amines is 1. The Labute approximate surface area is 319 Å². The highest BCUT2D eigenvalue weighted by atomic mass is 19.4. The molecular weight excluding hydrogens is 745 g/mol. The van der Waals surface area contributed by atoms with Gasteiger partial charge in [-0.2, -0.15) is 23.6 Å². The van der Waals surface area contributed by atoms with Crippen molar-refractivity contribution in [3.8, 4) is 0 Å². The number of fused-ring (bicyclic) bond motifs is 1. The number of nitrogens with two attached hydrogens (primary N) is 1. The van der Waals surface area contributed by atoms with Crippen molar-refractivity contribution in [3.63, 3.8) is 0 Å². The maximum absolute atomic E-state index is 13.7. The van der Waals surface area contributed by atoms with E-state index in [2.05, 4.69) is 51.7 Å². The molecule has 9 N–H and O–H groups in total. The first-order valence-electron chi connectivity index (χ1n) is 17.4. The van der Waals surface area contributed by atoms with Crippen molar-refractivity contribution in [1.29, 1.82) is 0 Å². The third-order valence-corrected chi connectivity index (χ3v) is 8.59. The Balaban J connectivity index is 1.63. The van der Waals surface area contributed by atoms with Crippen molar-refractivity contribution in [3.05, 3.63) is 52.1 Å². The van der Waals surface area contributed by atoms with Gasteiger partial charge in [-0.15, -0.1) is 0 Å². The second kappa shape index (κ2) is 19.2. The molecule has 1 aromatic carbocycles. The van der Waals surface area contributed by atoms with Crippen LogP contribution in [0, 0.1) is 0 Å². The number of hydrogen-bond donors (Lipinski definition) is 8. The highest BCUT2D eigenvalue weighted by Gasteiger charge is 2.43. The summed E-state index contributed by atoms with van der Waals surface area (Å²) in [7, 11) is 0. The predicted octanol–water partition coefficient (Wildman–Crippen LogP) is 2.14. The van der Waals surface area contributed by atoms with Crippen LogP contribution < -0.4 is 37.6 Å². The van der Waals surface area contributed by atoms with Crippen LogP contribution in [0.3, 0.4) is 0 Å². The van der Waals surface area contributed by atoms with Gasteiger partial charge in [0.05, 0.1) is 47.5 Å². The lowest BCUT2D eigenvalue weighted by molar-refractivity contribution is -0.170. The summed E-state index contributed by atoms with van der Waals surface area (Å²) in [5.41, 5.74) is 5.89. The number of rotatable bonds is 19. The topological polar surface area (TPSA) is 275 Å². The van der Waals surface area contributed by atoms with E-state index in [0.717, 1.165) is 18.3 Å². The number of nitrogens with zero attached hydrogens (tertiary/aromatic N) is 6. The van der Waals surface area contributed by atoms with Crippen molar-refractivity contribution in [1.82, 2.24) is 41.4 Å². The van der Waals surface area contributed by atoms with Gasteiger partial charge in [0.15, 0.2) is 11.2 Å². The number of hydroxylamine groups is 1. The minimum Gasteiger partial charge on any atom is -0.411 e. The summed E-state index contributed by atoms with van der Waals surface area (Å²) in [6.45, 7) is 10.4. The van der Waals surface area contributed by atoms with Crippen LogP contribution >= 0.6 is 0 Å². The lowest BCUT2D eigenvalue weighted by atomic mass is 9.95. The van der Waals surface area contributed by atoms with E-state index in [-0.39, 0.29) is 60.1 Å².